The predicted molar refractivity (Wildman–Crippen MR) is 128 cm³/mol. The molecule has 0 aliphatic heterocycles. The molecule has 0 saturated heterocycles. The Hall–Kier alpha value is -4.68. The lowest BCUT2D eigenvalue weighted by Gasteiger charge is -2.17. The monoisotopic (exact) mass is 531 g/mol. The lowest BCUT2D eigenvalue weighted by molar-refractivity contribution is -0.274. The first-order chi connectivity index (χ1) is 18.0. The molecule has 0 aliphatic carbocycles. The van der Waals surface area contributed by atoms with Crippen LogP contribution in [0.4, 0.5) is 17.6 Å². The summed E-state index contributed by atoms with van der Waals surface area (Å²) in [4.78, 5) is 29.2. The summed E-state index contributed by atoms with van der Waals surface area (Å²) in [6.45, 7) is 1.58. The molecule has 2 aromatic carbocycles. The fourth-order valence-electron chi connectivity index (χ4n) is 3.83. The molecule has 2 aromatic heterocycles. The highest BCUT2D eigenvalue weighted by Gasteiger charge is 2.31. The molecule has 0 bridgehead atoms. The number of aromatic nitrogens is 3. The van der Waals surface area contributed by atoms with Crippen molar-refractivity contribution in [2.45, 2.75) is 19.3 Å². The highest BCUT2D eigenvalue weighted by Crippen LogP contribution is 2.31. The number of nitrogens with one attached hydrogen (secondary N) is 3. The first-order valence-electron chi connectivity index (χ1n) is 11.1. The van der Waals surface area contributed by atoms with Crippen molar-refractivity contribution in [1.29, 1.82) is 0 Å². The topological polar surface area (TPSA) is 118 Å². The second-order valence-corrected chi connectivity index (χ2v) is 8.13. The van der Waals surface area contributed by atoms with Gasteiger partial charge >= 0.3 is 6.36 Å². The molecular formula is C25H21F4N5O4. The third kappa shape index (κ3) is 5.51. The first kappa shape index (κ1) is 26.4. The number of alkyl halides is 3. The summed E-state index contributed by atoms with van der Waals surface area (Å²) < 4.78 is 61.8. The van der Waals surface area contributed by atoms with Crippen LogP contribution in [0.15, 0.2) is 48.7 Å². The van der Waals surface area contributed by atoms with Crippen LogP contribution in [0.2, 0.25) is 0 Å². The Kier molecular flexibility index (Phi) is 7.19. The van der Waals surface area contributed by atoms with E-state index in [0.717, 1.165) is 6.07 Å². The van der Waals surface area contributed by atoms with Gasteiger partial charge in [-0.1, -0.05) is 12.1 Å². The van der Waals surface area contributed by atoms with Crippen LogP contribution in [0.5, 0.6) is 11.6 Å². The molecule has 38 heavy (non-hydrogen) atoms. The second-order valence-electron chi connectivity index (χ2n) is 8.13. The van der Waals surface area contributed by atoms with E-state index in [1.54, 1.807) is 13.0 Å². The Bertz CT molecular complexity index is 1520. The zero-order chi connectivity index (χ0) is 27.6. The summed E-state index contributed by atoms with van der Waals surface area (Å²) in [5.41, 5.74) is 1.24. The number of hydrogen-bond acceptors (Lipinski definition) is 6. The number of hydrogen-bond donors (Lipinski definition) is 3. The van der Waals surface area contributed by atoms with Crippen molar-refractivity contribution in [1.82, 2.24) is 25.8 Å². The molecule has 0 fully saturated rings. The highest BCUT2D eigenvalue weighted by atomic mass is 19.4. The summed E-state index contributed by atoms with van der Waals surface area (Å²) in [5, 5.41) is 11.6. The van der Waals surface area contributed by atoms with E-state index in [2.05, 4.69) is 30.6 Å². The second kappa shape index (κ2) is 10.4. The maximum absolute atomic E-state index is 15.0. The van der Waals surface area contributed by atoms with Crippen LogP contribution in [0.1, 0.15) is 39.4 Å². The third-order valence-electron chi connectivity index (χ3n) is 5.62. The fourth-order valence-corrected chi connectivity index (χ4v) is 3.83. The predicted octanol–water partition coefficient (Wildman–Crippen LogP) is 4.52. The van der Waals surface area contributed by atoms with Gasteiger partial charge in [-0.05, 0) is 48.4 Å². The van der Waals surface area contributed by atoms with Gasteiger partial charge in [0.1, 0.15) is 17.1 Å². The fraction of sp³-hybridized carbons (Fsp3) is 0.200. The summed E-state index contributed by atoms with van der Waals surface area (Å²) in [6, 6.07) is 8.69. The Morgan fingerprint density at radius 1 is 1.08 bits per heavy atom. The van der Waals surface area contributed by atoms with Crippen LogP contribution >= 0.6 is 0 Å². The van der Waals surface area contributed by atoms with Gasteiger partial charge < -0.3 is 20.1 Å². The summed E-state index contributed by atoms with van der Waals surface area (Å²) in [6.07, 6.45) is -3.47. The number of carbonyl (C=O) groups is 2. The average molecular weight is 531 g/mol. The number of H-pyrrole nitrogens is 1. The van der Waals surface area contributed by atoms with Gasteiger partial charge in [-0.25, -0.2) is 9.37 Å². The minimum absolute atomic E-state index is 0.00992. The number of methoxy groups -OCH3 is 1. The van der Waals surface area contributed by atoms with E-state index >= 15 is 0 Å². The van der Waals surface area contributed by atoms with Crippen LogP contribution in [-0.2, 0) is 0 Å². The van der Waals surface area contributed by atoms with Crippen LogP contribution in [0.3, 0.4) is 0 Å². The molecule has 198 valence electrons. The largest absolute Gasteiger partial charge is 0.573 e. The minimum atomic E-state index is -4.85. The molecule has 0 spiro atoms. The molecule has 13 heteroatoms. The SMILES string of the molecule is CNC(=O)c1n[nH]c2cc(-c3cnc(OC)c(C(=O)NC(C)c4cccc(OC(F)(F)F)c4)c3)cc(F)c12. The smallest absolute Gasteiger partial charge is 0.480 e. The van der Waals surface area contributed by atoms with E-state index in [0.29, 0.717) is 16.7 Å². The van der Waals surface area contributed by atoms with Gasteiger partial charge in [0.25, 0.3) is 11.8 Å². The van der Waals surface area contributed by atoms with Crippen molar-refractivity contribution < 1.29 is 36.6 Å². The third-order valence-corrected chi connectivity index (χ3v) is 5.62. The Morgan fingerprint density at radius 3 is 2.53 bits per heavy atom. The number of ether oxygens (including phenoxy) is 2. The van der Waals surface area contributed by atoms with Crippen LogP contribution in [-0.4, -0.2) is 47.5 Å². The number of benzene rings is 2. The van der Waals surface area contributed by atoms with Gasteiger partial charge in [-0.2, -0.15) is 5.10 Å². The normalized spacial score (nSPS) is 12.2. The van der Waals surface area contributed by atoms with Gasteiger partial charge in [0.15, 0.2) is 5.69 Å². The Morgan fingerprint density at radius 2 is 1.84 bits per heavy atom. The number of nitrogens with zero attached hydrogens (tertiary/aromatic N) is 2. The molecule has 2 heterocycles. The summed E-state index contributed by atoms with van der Waals surface area (Å²) in [5.74, 6) is -2.33. The number of carbonyl (C=O) groups excluding carboxylic acids is 2. The zero-order valence-electron chi connectivity index (χ0n) is 20.2. The van der Waals surface area contributed by atoms with Gasteiger partial charge in [0, 0.05) is 18.8 Å². The standard InChI is InChI=1S/C25H21F4N5O4/c1-12(13-5-4-6-16(7-13)38-25(27,28)29)32-22(35)17-8-15(11-31-24(17)37-3)14-9-18(26)20-19(10-14)33-34-21(20)23(36)30-2/h4-12H,1-3H3,(H,30,36)(H,32,35)(H,33,34). The van der Waals surface area contributed by atoms with Gasteiger partial charge in [-0.15, -0.1) is 13.2 Å². The Labute approximate surface area is 213 Å². The number of fused-ring (bicyclic) bond motifs is 1. The molecule has 2 amide bonds. The first-order valence-corrected chi connectivity index (χ1v) is 11.1. The highest BCUT2D eigenvalue weighted by molar-refractivity contribution is 6.05. The van der Waals surface area contributed by atoms with E-state index in [1.165, 1.54) is 50.7 Å². The van der Waals surface area contributed by atoms with Crippen molar-refractivity contribution in [2.24, 2.45) is 0 Å². The lowest BCUT2D eigenvalue weighted by atomic mass is 10.0. The molecule has 4 rings (SSSR count). The zero-order valence-corrected chi connectivity index (χ0v) is 20.2. The lowest BCUT2D eigenvalue weighted by Crippen LogP contribution is -2.27. The van der Waals surface area contributed by atoms with Gasteiger partial charge in [0.05, 0.1) is 24.1 Å². The van der Waals surface area contributed by atoms with Gasteiger partial charge in [-0.3, -0.25) is 14.7 Å². The van der Waals surface area contributed by atoms with Crippen LogP contribution in [0.25, 0.3) is 22.0 Å². The quantitative estimate of drug-likeness (QED) is 0.302. The van der Waals surface area contributed by atoms with E-state index in [-0.39, 0.29) is 28.0 Å². The summed E-state index contributed by atoms with van der Waals surface area (Å²) in [7, 11) is 2.72. The van der Waals surface area contributed by atoms with Crippen molar-refractivity contribution in [3.63, 3.8) is 0 Å². The maximum atomic E-state index is 15.0. The number of rotatable bonds is 7. The van der Waals surface area contributed by atoms with Crippen molar-refractivity contribution in [2.75, 3.05) is 14.2 Å². The van der Waals surface area contributed by atoms with E-state index < -0.39 is 35.8 Å². The van der Waals surface area contributed by atoms with Crippen LogP contribution < -0.4 is 20.1 Å². The Balaban J connectivity index is 1.63. The van der Waals surface area contributed by atoms with Crippen molar-refractivity contribution in [3.05, 3.63) is 71.3 Å². The van der Waals surface area contributed by atoms with E-state index in [1.807, 2.05) is 0 Å². The molecule has 1 unspecified atom stereocenters. The molecular weight excluding hydrogens is 510 g/mol. The molecule has 0 saturated carbocycles. The molecule has 3 N–H and O–H groups in total. The van der Waals surface area contributed by atoms with E-state index in [9.17, 15) is 27.2 Å². The van der Waals surface area contributed by atoms with Crippen LogP contribution in [0, 0.1) is 5.82 Å². The molecule has 0 aliphatic rings. The maximum Gasteiger partial charge on any atom is 0.573 e. The average Bonchev–Trinajstić information content (AvgIpc) is 3.31. The van der Waals surface area contributed by atoms with Crippen molar-refractivity contribution >= 4 is 22.7 Å². The summed E-state index contributed by atoms with van der Waals surface area (Å²) >= 11 is 0. The van der Waals surface area contributed by atoms with Gasteiger partial charge in [0.2, 0.25) is 5.88 Å². The van der Waals surface area contributed by atoms with E-state index in [4.69, 9.17) is 4.74 Å². The molecule has 1 atom stereocenters. The number of halogens is 4. The molecule has 4 aromatic rings. The number of pyridine rings is 1. The number of amides is 2. The minimum Gasteiger partial charge on any atom is -0.480 e. The molecule has 0 radical (unpaired) electrons. The number of aromatic amines is 1. The molecule has 9 nitrogen and oxygen atoms in total. The van der Waals surface area contributed by atoms with Crippen molar-refractivity contribution in [3.8, 4) is 22.8 Å².